The number of H-pyrrole nitrogens is 1. The molecule has 0 bridgehead atoms. The average molecular weight is 409 g/mol. The summed E-state index contributed by atoms with van der Waals surface area (Å²) in [6.07, 6.45) is 1.75. The van der Waals surface area contributed by atoms with Crippen LogP contribution in [0.3, 0.4) is 0 Å². The maximum Gasteiger partial charge on any atom is 0.278 e. The van der Waals surface area contributed by atoms with Crippen LogP contribution < -0.4 is 10.5 Å². The Bertz CT molecular complexity index is 1220. The maximum absolute atomic E-state index is 12.6. The van der Waals surface area contributed by atoms with Crippen molar-refractivity contribution in [1.82, 2.24) is 24.7 Å². The van der Waals surface area contributed by atoms with Crippen molar-refractivity contribution < 1.29 is 0 Å². The van der Waals surface area contributed by atoms with Gasteiger partial charge >= 0.3 is 0 Å². The van der Waals surface area contributed by atoms with Gasteiger partial charge in [0.1, 0.15) is 5.52 Å². The largest absolute Gasteiger partial charge is 0.341 e. The minimum Gasteiger partial charge on any atom is -0.341 e. The number of aromatic amines is 1. The minimum absolute atomic E-state index is 0.166. The summed E-state index contributed by atoms with van der Waals surface area (Å²) in [5.41, 5.74) is 5.11. The first-order valence-corrected chi connectivity index (χ1v) is 10.5. The van der Waals surface area contributed by atoms with Crippen LogP contribution in [0.1, 0.15) is 29.6 Å². The summed E-state index contributed by atoms with van der Waals surface area (Å²) < 4.78 is 1.62. The van der Waals surface area contributed by atoms with Gasteiger partial charge in [0, 0.05) is 31.6 Å². The van der Waals surface area contributed by atoms with Crippen LogP contribution in [0.5, 0.6) is 0 Å². The summed E-state index contributed by atoms with van der Waals surface area (Å²) in [5, 5.41) is 7.61. The highest BCUT2D eigenvalue weighted by Crippen LogP contribution is 2.23. The van der Waals surface area contributed by atoms with Gasteiger partial charge in [-0.3, -0.25) is 14.5 Å². The first kappa shape index (κ1) is 19.3. The fourth-order valence-electron chi connectivity index (χ4n) is 3.49. The quantitative estimate of drug-likeness (QED) is 0.526. The van der Waals surface area contributed by atoms with Crippen LogP contribution in [0.2, 0.25) is 0 Å². The van der Waals surface area contributed by atoms with E-state index in [1.165, 1.54) is 0 Å². The molecule has 150 valence electrons. The Kier molecular flexibility index (Phi) is 5.19. The van der Waals surface area contributed by atoms with Gasteiger partial charge in [0.05, 0.1) is 16.4 Å². The summed E-state index contributed by atoms with van der Waals surface area (Å²) >= 11 is 1.65. The van der Waals surface area contributed by atoms with E-state index < -0.39 is 0 Å². The second kappa shape index (κ2) is 7.79. The molecule has 8 heteroatoms. The zero-order valence-electron chi connectivity index (χ0n) is 17.1. The van der Waals surface area contributed by atoms with Gasteiger partial charge in [-0.2, -0.15) is 5.10 Å². The average Bonchev–Trinajstić information content (AvgIpc) is 3.26. The monoisotopic (exact) mass is 408 g/mol. The van der Waals surface area contributed by atoms with Crippen LogP contribution in [0.4, 0.5) is 5.95 Å². The van der Waals surface area contributed by atoms with Crippen molar-refractivity contribution in [2.24, 2.45) is 7.05 Å². The molecule has 0 saturated carbocycles. The van der Waals surface area contributed by atoms with Gasteiger partial charge in [0.25, 0.3) is 5.56 Å². The third kappa shape index (κ3) is 3.80. The van der Waals surface area contributed by atoms with E-state index in [2.05, 4.69) is 45.6 Å². The number of hydrogen-bond acceptors (Lipinski definition) is 6. The highest BCUT2D eigenvalue weighted by atomic mass is 32.1. The molecule has 0 atom stereocenters. The number of aryl methyl sites for hydroxylation is 3. The zero-order chi connectivity index (χ0) is 20.5. The number of fused-ring (bicyclic) bond motifs is 1. The molecule has 0 amide bonds. The molecule has 3 aromatic heterocycles. The molecule has 0 unspecified atom stereocenters. The van der Waals surface area contributed by atoms with E-state index in [0.29, 0.717) is 23.5 Å². The lowest BCUT2D eigenvalue weighted by molar-refractivity contribution is 0.750. The summed E-state index contributed by atoms with van der Waals surface area (Å²) in [5.74, 6) is 0.544. The van der Waals surface area contributed by atoms with Crippen LogP contribution in [0.25, 0.3) is 22.3 Å². The molecule has 0 spiro atoms. The zero-order valence-corrected chi connectivity index (χ0v) is 17.9. The molecular formula is C21H24N6OS. The summed E-state index contributed by atoms with van der Waals surface area (Å²) in [7, 11) is 3.72. The molecule has 7 nitrogen and oxygen atoms in total. The molecule has 1 N–H and O–H groups in total. The van der Waals surface area contributed by atoms with E-state index >= 15 is 0 Å². The Balaban J connectivity index is 1.65. The summed E-state index contributed by atoms with van der Waals surface area (Å²) in [6, 6.07) is 8.31. The highest BCUT2D eigenvalue weighted by molar-refractivity contribution is 7.09. The number of anilines is 1. The van der Waals surface area contributed by atoms with Crippen molar-refractivity contribution in [3.8, 4) is 11.3 Å². The van der Waals surface area contributed by atoms with E-state index in [1.54, 1.807) is 23.1 Å². The van der Waals surface area contributed by atoms with Crippen molar-refractivity contribution >= 4 is 28.3 Å². The normalized spacial score (nSPS) is 11.3. The second-order valence-corrected chi connectivity index (χ2v) is 8.28. The molecule has 0 aliphatic heterocycles. The van der Waals surface area contributed by atoms with Gasteiger partial charge in [-0.25, -0.2) is 9.97 Å². The molecule has 4 aromatic rings. The van der Waals surface area contributed by atoms with Crippen LogP contribution in [-0.4, -0.2) is 31.8 Å². The number of thiazole rings is 1. The van der Waals surface area contributed by atoms with Crippen LogP contribution in [0, 0.1) is 6.92 Å². The number of benzene rings is 1. The van der Waals surface area contributed by atoms with Crippen molar-refractivity contribution in [1.29, 1.82) is 0 Å². The van der Waals surface area contributed by atoms with Crippen LogP contribution in [0.15, 0.2) is 34.4 Å². The number of hydrogen-bond donors (Lipinski definition) is 1. The van der Waals surface area contributed by atoms with Gasteiger partial charge < -0.3 is 4.90 Å². The Hall–Kier alpha value is -3.00. The lowest BCUT2D eigenvalue weighted by atomic mass is 10.1. The number of nitrogens with one attached hydrogen (secondary N) is 1. The second-order valence-electron chi connectivity index (χ2n) is 7.22. The highest BCUT2D eigenvalue weighted by Gasteiger charge is 2.16. The van der Waals surface area contributed by atoms with Crippen molar-refractivity contribution in [3.05, 3.63) is 56.3 Å². The lowest BCUT2D eigenvalue weighted by Crippen LogP contribution is -2.23. The molecule has 0 radical (unpaired) electrons. The minimum atomic E-state index is -0.166. The van der Waals surface area contributed by atoms with Gasteiger partial charge in [0.2, 0.25) is 5.95 Å². The van der Waals surface area contributed by atoms with Gasteiger partial charge in [-0.15, -0.1) is 11.3 Å². The third-order valence-corrected chi connectivity index (χ3v) is 5.63. The lowest BCUT2D eigenvalue weighted by Gasteiger charge is -2.18. The summed E-state index contributed by atoms with van der Waals surface area (Å²) in [4.78, 5) is 26.8. The molecule has 29 heavy (non-hydrogen) atoms. The first-order chi connectivity index (χ1) is 14.0. The molecule has 0 fully saturated rings. The van der Waals surface area contributed by atoms with E-state index in [-0.39, 0.29) is 5.56 Å². The van der Waals surface area contributed by atoms with Crippen molar-refractivity contribution in [2.45, 2.75) is 33.2 Å². The molecule has 0 aliphatic rings. The Morgan fingerprint density at radius 3 is 2.83 bits per heavy atom. The maximum atomic E-state index is 12.6. The topological polar surface area (TPSA) is 79.7 Å². The van der Waals surface area contributed by atoms with Gasteiger partial charge in [-0.05, 0) is 25.0 Å². The van der Waals surface area contributed by atoms with Crippen LogP contribution >= 0.6 is 11.3 Å². The summed E-state index contributed by atoms with van der Waals surface area (Å²) in [6.45, 7) is 4.72. The molecular weight excluding hydrogens is 384 g/mol. The van der Waals surface area contributed by atoms with Gasteiger partial charge in [0.15, 0.2) is 5.52 Å². The predicted molar refractivity (Wildman–Crippen MR) is 118 cm³/mol. The standard InChI is InChI=1S/C21H24N6OS/c1-5-7-16-18-19(27(4)25-16)20(28)24-21(23-18)26(3)11-14-8-6-9-15(10-14)17-12-29-13(2)22-17/h6,8-10,12H,5,7,11H2,1-4H3,(H,23,24,28). The van der Waals surface area contributed by atoms with E-state index in [9.17, 15) is 4.79 Å². The number of nitrogens with zero attached hydrogens (tertiary/aromatic N) is 5. The van der Waals surface area contributed by atoms with Crippen molar-refractivity contribution in [3.63, 3.8) is 0 Å². The van der Waals surface area contributed by atoms with Crippen molar-refractivity contribution in [2.75, 3.05) is 11.9 Å². The molecule has 1 aromatic carbocycles. The van der Waals surface area contributed by atoms with E-state index in [1.807, 2.05) is 24.9 Å². The number of rotatable bonds is 6. The first-order valence-electron chi connectivity index (χ1n) is 9.64. The Morgan fingerprint density at radius 1 is 1.28 bits per heavy atom. The fraction of sp³-hybridized carbons (Fsp3) is 0.333. The third-order valence-electron chi connectivity index (χ3n) is 4.86. The Labute approximate surface area is 173 Å². The van der Waals surface area contributed by atoms with E-state index in [4.69, 9.17) is 4.98 Å². The van der Waals surface area contributed by atoms with Gasteiger partial charge in [-0.1, -0.05) is 31.5 Å². The molecule has 0 saturated heterocycles. The number of aromatic nitrogens is 5. The fourth-order valence-corrected chi connectivity index (χ4v) is 4.12. The SMILES string of the molecule is CCCc1nn(C)c2c(=O)[nH]c(N(C)Cc3cccc(-c4csc(C)n4)c3)nc12. The smallest absolute Gasteiger partial charge is 0.278 e. The molecule has 4 rings (SSSR count). The molecule has 3 heterocycles. The van der Waals surface area contributed by atoms with Crippen LogP contribution in [-0.2, 0) is 20.0 Å². The predicted octanol–water partition coefficient (Wildman–Crippen LogP) is 3.68. The molecule has 0 aliphatic carbocycles. The van der Waals surface area contributed by atoms with E-state index in [0.717, 1.165) is 40.4 Å². The Morgan fingerprint density at radius 2 is 2.10 bits per heavy atom.